The number of nitrogens with two attached hydrogens (primary N) is 1. The van der Waals surface area contributed by atoms with Crippen LogP contribution in [0, 0.1) is 0 Å². The van der Waals surface area contributed by atoms with E-state index in [0.29, 0.717) is 11.3 Å². The highest BCUT2D eigenvalue weighted by molar-refractivity contribution is 5.33. The molecule has 16 heavy (non-hydrogen) atoms. The van der Waals surface area contributed by atoms with E-state index in [1.54, 1.807) is 0 Å². The Labute approximate surface area is 99.0 Å². The van der Waals surface area contributed by atoms with Gasteiger partial charge in [0, 0.05) is 0 Å². The highest BCUT2D eigenvalue weighted by Gasteiger charge is 2.37. The molecule has 0 amide bonds. The van der Waals surface area contributed by atoms with Crippen LogP contribution in [0.15, 0.2) is 24.3 Å². The van der Waals surface area contributed by atoms with E-state index in [-0.39, 0.29) is 0 Å². The molecule has 0 heterocycles. The minimum absolute atomic E-state index is 0.416. The Morgan fingerprint density at radius 3 is 2.56 bits per heavy atom. The van der Waals surface area contributed by atoms with Crippen molar-refractivity contribution in [3.05, 3.63) is 35.4 Å². The Morgan fingerprint density at radius 1 is 1.31 bits per heavy atom. The average Bonchev–Trinajstić information content (AvgIpc) is 2.23. The molecule has 2 N–H and O–H groups in total. The van der Waals surface area contributed by atoms with E-state index >= 15 is 0 Å². The van der Waals surface area contributed by atoms with Gasteiger partial charge in [-0.1, -0.05) is 44.5 Å². The molecule has 0 aromatic heterocycles. The smallest absolute Gasteiger partial charge is 0.00349 e. The molecule has 2 rings (SSSR count). The van der Waals surface area contributed by atoms with Crippen molar-refractivity contribution < 1.29 is 0 Å². The van der Waals surface area contributed by atoms with Crippen molar-refractivity contribution in [1.82, 2.24) is 0 Å². The molecule has 0 aliphatic heterocycles. The highest BCUT2D eigenvalue weighted by Crippen LogP contribution is 2.46. The summed E-state index contributed by atoms with van der Waals surface area (Å²) < 4.78 is 0. The molecule has 0 unspecified atom stereocenters. The SMILES string of the molecule is CC(C)c1cccc(C2(CCN)CCC2)c1. The van der Waals surface area contributed by atoms with Crippen LogP contribution in [0.3, 0.4) is 0 Å². The lowest BCUT2D eigenvalue weighted by atomic mass is 9.62. The zero-order valence-electron chi connectivity index (χ0n) is 10.5. The average molecular weight is 217 g/mol. The molecule has 0 saturated heterocycles. The van der Waals surface area contributed by atoms with Crippen molar-refractivity contribution in [1.29, 1.82) is 0 Å². The normalized spacial score (nSPS) is 18.5. The van der Waals surface area contributed by atoms with Crippen LogP contribution in [0.25, 0.3) is 0 Å². The van der Waals surface area contributed by atoms with Gasteiger partial charge >= 0.3 is 0 Å². The Balaban J connectivity index is 2.28. The maximum atomic E-state index is 5.76. The second-order valence-electron chi connectivity index (χ2n) is 5.45. The molecule has 0 atom stereocenters. The second kappa shape index (κ2) is 4.58. The van der Waals surface area contributed by atoms with Crippen LogP contribution in [0.1, 0.15) is 56.6 Å². The minimum Gasteiger partial charge on any atom is -0.330 e. The van der Waals surface area contributed by atoms with Gasteiger partial charge < -0.3 is 5.73 Å². The lowest BCUT2D eigenvalue weighted by molar-refractivity contribution is 0.229. The quantitative estimate of drug-likeness (QED) is 0.819. The van der Waals surface area contributed by atoms with E-state index in [9.17, 15) is 0 Å². The van der Waals surface area contributed by atoms with Crippen molar-refractivity contribution in [3.8, 4) is 0 Å². The first kappa shape index (κ1) is 11.7. The fourth-order valence-electron chi connectivity index (χ4n) is 2.79. The predicted molar refractivity (Wildman–Crippen MR) is 69.7 cm³/mol. The summed E-state index contributed by atoms with van der Waals surface area (Å²) in [4.78, 5) is 0. The molecule has 0 radical (unpaired) electrons. The summed E-state index contributed by atoms with van der Waals surface area (Å²) in [6.07, 6.45) is 5.16. The molecular weight excluding hydrogens is 194 g/mol. The van der Waals surface area contributed by atoms with Gasteiger partial charge in [-0.05, 0) is 48.3 Å². The Bertz CT molecular complexity index is 350. The first-order valence-electron chi connectivity index (χ1n) is 6.48. The van der Waals surface area contributed by atoms with Gasteiger partial charge in [-0.3, -0.25) is 0 Å². The number of rotatable bonds is 4. The van der Waals surface area contributed by atoms with E-state index in [2.05, 4.69) is 38.1 Å². The van der Waals surface area contributed by atoms with Gasteiger partial charge in [0.2, 0.25) is 0 Å². The molecule has 1 aliphatic rings. The Hall–Kier alpha value is -0.820. The van der Waals surface area contributed by atoms with Crippen LogP contribution in [0.5, 0.6) is 0 Å². The van der Waals surface area contributed by atoms with Gasteiger partial charge in [0.15, 0.2) is 0 Å². The first-order chi connectivity index (χ1) is 7.68. The molecule has 0 bridgehead atoms. The van der Waals surface area contributed by atoms with Crippen molar-refractivity contribution in [3.63, 3.8) is 0 Å². The zero-order chi connectivity index (χ0) is 11.6. The topological polar surface area (TPSA) is 26.0 Å². The predicted octanol–water partition coefficient (Wildman–Crippen LogP) is 3.58. The van der Waals surface area contributed by atoms with Gasteiger partial charge in [-0.2, -0.15) is 0 Å². The third-order valence-electron chi connectivity index (χ3n) is 4.10. The fraction of sp³-hybridized carbons (Fsp3) is 0.600. The zero-order valence-corrected chi connectivity index (χ0v) is 10.5. The van der Waals surface area contributed by atoms with Gasteiger partial charge in [0.05, 0.1) is 0 Å². The number of hydrogen-bond acceptors (Lipinski definition) is 1. The molecule has 88 valence electrons. The monoisotopic (exact) mass is 217 g/mol. The maximum absolute atomic E-state index is 5.76. The fourth-order valence-corrected chi connectivity index (χ4v) is 2.79. The van der Waals surface area contributed by atoms with Gasteiger partial charge in [-0.25, -0.2) is 0 Å². The standard InChI is InChI=1S/C15H23N/c1-12(2)13-5-3-6-14(11-13)15(9-10-16)7-4-8-15/h3,5-6,11-12H,4,7-10,16H2,1-2H3. The summed E-state index contributed by atoms with van der Waals surface area (Å²) in [6.45, 7) is 5.33. The van der Waals surface area contributed by atoms with Gasteiger partial charge in [0.25, 0.3) is 0 Å². The van der Waals surface area contributed by atoms with Crippen molar-refractivity contribution in [2.24, 2.45) is 5.73 Å². The lowest BCUT2D eigenvalue weighted by Gasteiger charge is -2.43. The summed E-state index contributed by atoms with van der Waals surface area (Å²) >= 11 is 0. The molecule has 1 aromatic carbocycles. The maximum Gasteiger partial charge on any atom is -0.00349 e. The molecule has 1 aromatic rings. The molecular formula is C15H23N. The highest BCUT2D eigenvalue weighted by atomic mass is 14.6. The van der Waals surface area contributed by atoms with E-state index in [1.165, 1.54) is 30.4 Å². The van der Waals surface area contributed by atoms with Crippen molar-refractivity contribution in [2.75, 3.05) is 6.54 Å². The van der Waals surface area contributed by atoms with Crippen molar-refractivity contribution >= 4 is 0 Å². The third-order valence-corrected chi connectivity index (χ3v) is 4.10. The van der Waals surface area contributed by atoms with E-state index in [0.717, 1.165) is 13.0 Å². The summed E-state index contributed by atoms with van der Waals surface area (Å²) in [5.41, 5.74) is 9.16. The summed E-state index contributed by atoms with van der Waals surface area (Å²) in [6, 6.07) is 9.14. The molecule has 1 aliphatic carbocycles. The van der Waals surface area contributed by atoms with Crippen LogP contribution >= 0.6 is 0 Å². The van der Waals surface area contributed by atoms with Crippen LogP contribution < -0.4 is 5.73 Å². The molecule has 1 heteroatoms. The molecule has 1 fully saturated rings. The molecule has 1 nitrogen and oxygen atoms in total. The van der Waals surface area contributed by atoms with E-state index in [4.69, 9.17) is 5.73 Å². The van der Waals surface area contributed by atoms with E-state index in [1.807, 2.05) is 0 Å². The number of hydrogen-bond donors (Lipinski definition) is 1. The van der Waals surface area contributed by atoms with Crippen LogP contribution in [0.2, 0.25) is 0 Å². The Kier molecular flexibility index (Phi) is 3.34. The van der Waals surface area contributed by atoms with Crippen LogP contribution in [-0.2, 0) is 5.41 Å². The molecule has 0 spiro atoms. The number of benzene rings is 1. The molecule has 1 saturated carbocycles. The van der Waals surface area contributed by atoms with Crippen molar-refractivity contribution in [2.45, 2.75) is 50.9 Å². The minimum atomic E-state index is 0.416. The van der Waals surface area contributed by atoms with E-state index < -0.39 is 0 Å². The summed E-state index contributed by atoms with van der Waals surface area (Å²) in [5.74, 6) is 0.620. The van der Waals surface area contributed by atoms with Crippen LogP contribution in [-0.4, -0.2) is 6.54 Å². The largest absolute Gasteiger partial charge is 0.330 e. The second-order valence-corrected chi connectivity index (χ2v) is 5.45. The summed E-state index contributed by atoms with van der Waals surface area (Å²) in [7, 11) is 0. The first-order valence-corrected chi connectivity index (χ1v) is 6.48. The van der Waals surface area contributed by atoms with Crippen LogP contribution in [0.4, 0.5) is 0 Å². The van der Waals surface area contributed by atoms with Gasteiger partial charge in [0.1, 0.15) is 0 Å². The Morgan fingerprint density at radius 2 is 2.06 bits per heavy atom. The lowest BCUT2D eigenvalue weighted by Crippen LogP contribution is -2.36. The van der Waals surface area contributed by atoms with Gasteiger partial charge in [-0.15, -0.1) is 0 Å². The third kappa shape index (κ3) is 2.01. The summed E-state index contributed by atoms with van der Waals surface area (Å²) in [5, 5.41) is 0.